The van der Waals surface area contributed by atoms with Crippen LogP contribution in [0.1, 0.15) is 37.2 Å². The summed E-state index contributed by atoms with van der Waals surface area (Å²) >= 11 is 0. The van der Waals surface area contributed by atoms with Gasteiger partial charge in [-0.2, -0.15) is 0 Å². The van der Waals surface area contributed by atoms with Gasteiger partial charge in [-0.15, -0.1) is 0 Å². The van der Waals surface area contributed by atoms with Crippen LogP contribution in [0.2, 0.25) is 0 Å². The van der Waals surface area contributed by atoms with E-state index in [1.807, 2.05) is 0 Å². The predicted octanol–water partition coefficient (Wildman–Crippen LogP) is 2.02. The van der Waals surface area contributed by atoms with E-state index in [1.54, 1.807) is 6.20 Å². The zero-order valence-corrected chi connectivity index (χ0v) is 10.1. The molecule has 2 rings (SSSR count). The van der Waals surface area contributed by atoms with E-state index in [1.165, 1.54) is 19.0 Å². The smallest absolute Gasteiger partial charge is 0.356 e. The van der Waals surface area contributed by atoms with Crippen LogP contribution in [0.3, 0.4) is 0 Å². The number of carboxylic acid groups (broad SMARTS) is 1. The third-order valence-corrected chi connectivity index (χ3v) is 3.59. The topological polar surface area (TPSA) is 75.1 Å². The maximum Gasteiger partial charge on any atom is 0.356 e. The molecule has 0 saturated heterocycles. The molecule has 0 atom stereocenters. The maximum absolute atomic E-state index is 10.7. The first-order valence-electron chi connectivity index (χ1n) is 5.83. The van der Waals surface area contributed by atoms with Crippen molar-refractivity contribution >= 4 is 11.8 Å². The van der Waals surface area contributed by atoms with Crippen molar-refractivity contribution in [1.29, 1.82) is 0 Å². The molecule has 0 radical (unpaired) electrons. The fourth-order valence-corrected chi connectivity index (χ4v) is 1.94. The molecule has 1 saturated carbocycles. The van der Waals surface area contributed by atoms with E-state index in [2.05, 4.69) is 29.1 Å². The monoisotopic (exact) mass is 235 g/mol. The molecule has 0 unspecified atom stereocenters. The molecule has 92 valence electrons. The van der Waals surface area contributed by atoms with Gasteiger partial charge in [0.25, 0.3) is 0 Å². The highest BCUT2D eigenvalue weighted by Gasteiger charge is 2.44. The molecule has 1 aromatic rings. The second kappa shape index (κ2) is 4.31. The van der Waals surface area contributed by atoms with Gasteiger partial charge in [0.05, 0.1) is 12.4 Å². The number of nitrogens with zero attached hydrogens (tertiary/aromatic N) is 2. The quantitative estimate of drug-likeness (QED) is 0.816. The molecule has 0 aromatic carbocycles. The number of carboxylic acids is 1. The first kappa shape index (κ1) is 11.8. The van der Waals surface area contributed by atoms with Gasteiger partial charge in [0.1, 0.15) is 5.82 Å². The summed E-state index contributed by atoms with van der Waals surface area (Å²) in [5, 5.41) is 12.0. The van der Waals surface area contributed by atoms with Crippen molar-refractivity contribution in [3.63, 3.8) is 0 Å². The van der Waals surface area contributed by atoms with Crippen LogP contribution in [0, 0.1) is 11.3 Å². The summed E-state index contributed by atoms with van der Waals surface area (Å²) in [6, 6.07) is 0. The van der Waals surface area contributed by atoms with Gasteiger partial charge in [-0.1, -0.05) is 13.8 Å². The first-order chi connectivity index (χ1) is 8.03. The van der Waals surface area contributed by atoms with Gasteiger partial charge in [0.2, 0.25) is 0 Å². The molecule has 1 heterocycles. The summed E-state index contributed by atoms with van der Waals surface area (Å²) in [6.45, 7) is 5.27. The Morgan fingerprint density at radius 1 is 1.53 bits per heavy atom. The Hall–Kier alpha value is -1.65. The first-order valence-corrected chi connectivity index (χ1v) is 5.83. The highest BCUT2D eigenvalue weighted by atomic mass is 16.4. The standard InChI is InChI=1S/C12H17N3O2/c1-8(2)12(3-4-12)7-14-10-6-13-5-9(15-10)11(16)17/h5-6,8H,3-4,7H2,1-2H3,(H,14,15)(H,16,17). The number of hydrogen-bond acceptors (Lipinski definition) is 4. The van der Waals surface area contributed by atoms with Crippen LogP contribution in [-0.4, -0.2) is 27.6 Å². The van der Waals surface area contributed by atoms with Crippen molar-refractivity contribution in [1.82, 2.24) is 9.97 Å². The van der Waals surface area contributed by atoms with Crippen LogP contribution in [0.5, 0.6) is 0 Å². The van der Waals surface area contributed by atoms with Crippen molar-refractivity contribution in [3.05, 3.63) is 18.1 Å². The third-order valence-electron chi connectivity index (χ3n) is 3.59. The fraction of sp³-hybridized carbons (Fsp3) is 0.583. The average Bonchev–Trinajstić information content (AvgIpc) is 3.08. The predicted molar refractivity (Wildman–Crippen MR) is 64.0 cm³/mol. The molecule has 5 heteroatoms. The molecule has 5 nitrogen and oxygen atoms in total. The summed E-state index contributed by atoms with van der Waals surface area (Å²) in [7, 11) is 0. The second-order valence-corrected chi connectivity index (χ2v) is 4.97. The van der Waals surface area contributed by atoms with Gasteiger partial charge < -0.3 is 10.4 Å². The van der Waals surface area contributed by atoms with Gasteiger partial charge in [-0.05, 0) is 24.2 Å². The SMILES string of the molecule is CC(C)C1(CNc2cncc(C(=O)O)n2)CC1. The van der Waals surface area contributed by atoms with E-state index in [-0.39, 0.29) is 5.69 Å². The number of rotatable bonds is 5. The Balaban J connectivity index is 2.00. The van der Waals surface area contributed by atoms with Crippen LogP contribution in [0.25, 0.3) is 0 Å². The van der Waals surface area contributed by atoms with Crippen LogP contribution >= 0.6 is 0 Å². The Labute approximate surface area is 100 Å². The molecular weight excluding hydrogens is 218 g/mol. The summed E-state index contributed by atoms with van der Waals surface area (Å²) in [4.78, 5) is 18.6. The molecule has 0 amide bonds. The number of anilines is 1. The molecule has 1 fully saturated rings. The lowest BCUT2D eigenvalue weighted by Crippen LogP contribution is -2.21. The van der Waals surface area contributed by atoms with E-state index in [4.69, 9.17) is 5.11 Å². The second-order valence-electron chi connectivity index (χ2n) is 4.97. The summed E-state index contributed by atoms with van der Waals surface area (Å²) in [5.41, 5.74) is 0.338. The lowest BCUT2D eigenvalue weighted by atomic mass is 9.92. The minimum absolute atomic E-state index is 0.0237. The van der Waals surface area contributed by atoms with Gasteiger partial charge in [-0.3, -0.25) is 4.98 Å². The minimum atomic E-state index is -1.05. The summed E-state index contributed by atoms with van der Waals surface area (Å²) < 4.78 is 0. The number of aromatic nitrogens is 2. The molecule has 0 aliphatic heterocycles. The highest BCUT2D eigenvalue weighted by molar-refractivity contribution is 5.85. The molecule has 1 aromatic heterocycles. The number of carbonyl (C=O) groups is 1. The van der Waals surface area contributed by atoms with Crippen LogP contribution in [0.4, 0.5) is 5.82 Å². The van der Waals surface area contributed by atoms with Crippen molar-refractivity contribution in [2.75, 3.05) is 11.9 Å². The van der Waals surface area contributed by atoms with Gasteiger partial charge in [0, 0.05) is 6.54 Å². The minimum Gasteiger partial charge on any atom is -0.476 e. The number of aromatic carboxylic acids is 1. The van der Waals surface area contributed by atoms with Crippen molar-refractivity contribution in [2.24, 2.45) is 11.3 Å². The zero-order chi connectivity index (χ0) is 12.5. The largest absolute Gasteiger partial charge is 0.476 e. The lowest BCUT2D eigenvalue weighted by molar-refractivity contribution is 0.0690. The molecule has 0 spiro atoms. The van der Waals surface area contributed by atoms with Crippen LogP contribution in [0.15, 0.2) is 12.4 Å². The lowest BCUT2D eigenvalue weighted by Gasteiger charge is -2.20. The normalized spacial score (nSPS) is 16.9. The van der Waals surface area contributed by atoms with Crippen LogP contribution < -0.4 is 5.32 Å². The summed E-state index contributed by atoms with van der Waals surface area (Å²) in [6.07, 6.45) is 5.26. The highest BCUT2D eigenvalue weighted by Crippen LogP contribution is 2.51. The molecule has 0 bridgehead atoms. The van der Waals surface area contributed by atoms with E-state index >= 15 is 0 Å². The number of nitrogens with one attached hydrogen (secondary N) is 1. The Bertz CT molecular complexity index is 428. The van der Waals surface area contributed by atoms with Crippen molar-refractivity contribution < 1.29 is 9.90 Å². The van der Waals surface area contributed by atoms with Crippen molar-refractivity contribution in [2.45, 2.75) is 26.7 Å². The van der Waals surface area contributed by atoms with E-state index in [0.29, 0.717) is 17.2 Å². The molecular formula is C12H17N3O2. The van der Waals surface area contributed by atoms with Gasteiger partial charge in [0.15, 0.2) is 5.69 Å². The molecule has 1 aliphatic rings. The third kappa shape index (κ3) is 2.54. The van der Waals surface area contributed by atoms with Gasteiger partial charge >= 0.3 is 5.97 Å². The van der Waals surface area contributed by atoms with E-state index in [9.17, 15) is 4.79 Å². The molecule has 2 N–H and O–H groups in total. The fourth-order valence-electron chi connectivity index (χ4n) is 1.94. The maximum atomic E-state index is 10.7. The van der Waals surface area contributed by atoms with Crippen LogP contribution in [-0.2, 0) is 0 Å². The molecule has 17 heavy (non-hydrogen) atoms. The summed E-state index contributed by atoms with van der Waals surface area (Å²) in [5.74, 6) is 0.119. The van der Waals surface area contributed by atoms with Gasteiger partial charge in [-0.25, -0.2) is 9.78 Å². The Morgan fingerprint density at radius 2 is 2.24 bits per heavy atom. The Kier molecular flexibility index (Phi) is 3.00. The van der Waals surface area contributed by atoms with E-state index in [0.717, 1.165) is 6.54 Å². The average molecular weight is 235 g/mol. The van der Waals surface area contributed by atoms with E-state index < -0.39 is 5.97 Å². The van der Waals surface area contributed by atoms with Crippen molar-refractivity contribution in [3.8, 4) is 0 Å². The molecule has 1 aliphatic carbocycles. The Morgan fingerprint density at radius 3 is 2.76 bits per heavy atom. The number of hydrogen-bond donors (Lipinski definition) is 2. The zero-order valence-electron chi connectivity index (χ0n) is 10.1.